The number of carbonyl (C=O) groups is 1. The van der Waals surface area contributed by atoms with Gasteiger partial charge in [0.15, 0.2) is 0 Å². The Morgan fingerprint density at radius 1 is 1.56 bits per heavy atom. The maximum absolute atomic E-state index is 11.2. The van der Waals surface area contributed by atoms with Crippen LogP contribution >= 0.6 is 0 Å². The molecule has 0 radical (unpaired) electrons. The third kappa shape index (κ3) is 3.76. The number of likely N-dealkylation sites (tertiary alicyclic amines) is 1. The first kappa shape index (κ1) is 13.5. The molecule has 0 aromatic carbocycles. The van der Waals surface area contributed by atoms with Gasteiger partial charge in [0.25, 0.3) is 0 Å². The first-order valence-corrected chi connectivity index (χ1v) is 6.26. The Labute approximate surface area is 97.3 Å². The quantitative estimate of drug-likeness (QED) is 0.721. The van der Waals surface area contributed by atoms with E-state index in [1.807, 2.05) is 6.92 Å². The maximum atomic E-state index is 11.2. The van der Waals surface area contributed by atoms with Crippen LogP contribution in [0.15, 0.2) is 0 Å². The van der Waals surface area contributed by atoms with Crippen molar-refractivity contribution in [2.75, 3.05) is 19.7 Å². The fourth-order valence-corrected chi connectivity index (χ4v) is 2.53. The molecule has 94 valence electrons. The molecule has 0 aliphatic carbocycles. The number of carboxylic acid groups (broad SMARTS) is 1. The van der Waals surface area contributed by atoms with Crippen molar-refractivity contribution in [3.8, 4) is 0 Å². The van der Waals surface area contributed by atoms with Gasteiger partial charge in [-0.1, -0.05) is 13.3 Å². The molecule has 16 heavy (non-hydrogen) atoms. The lowest BCUT2D eigenvalue weighted by Gasteiger charge is -2.36. The van der Waals surface area contributed by atoms with Crippen LogP contribution in [0.4, 0.5) is 0 Å². The highest BCUT2D eigenvalue weighted by Gasteiger charge is 2.29. The molecule has 2 unspecified atom stereocenters. The highest BCUT2D eigenvalue weighted by atomic mass is 16.4. The largest absolute Gasteiger partial charge is 0.480 e. The van der Waals surface area contributed by atoms with E-state index in [1.54, 1.807) is 0 Å². The smallest absolute Gasteiger partial charge is 0.320 e. The van der Waals surface area contributed by atoms with Gasteiger partial charge < -0.3 is 10.2 Å². The molecular weight excluding hydrogens is 206 g/mol. The van der Waals surface area contributed by atoms with Gasteiger partial charge in [0.1, 0.15) is 6.04 Å². The standard InChI is InChI=1S/C12H23NO3/c1-2-4-11(12(15)16)13-7-3-5-10(9-13)6-8-14/h10-11,14H,2-9H2,1H3,(H,15,16). The number of aliphatic hydroxyl groups is 1. The van der Waals surface area contributed by atoms with Crippen LogP contribution < -0.4 is 0 Å². The minimum absolute atomic E-state index is 0.212. The summed E-state index contributed by atoms with van der Waals surface area (Å²) in [4.78, 5) is 13.2. The second-order valence-electron chi connectivity index (χ2n) is 4.66. The molecule has 0 bridgehead atoms. The lowest BCUT2D eigenvalue weighted by atomic mass is 9.93. The number of rotatable bonds is 6. The van der Waals surface area contributed by atoms with E-state index in [-0.39, 0.29) is 12.6 Å². The number of aliphatic carboxylic acids is 1. The fourth-order valence-electron chi connectivity index (χ4n) is 2.53. The van der Waals surface area contributed by atoms with E-state index in [0.717, 1.165) is 45.2 Å². The average molecular weight is 229 g/mol. The van der Waals surface area contributed by atoms with Crippen LogP contribution in [0, 0.1) is 5.92 Å². The van der Waals surface area contributed by atoms with Gasteiger partial charge in [0.05, 0.1) is 0 Å². The molecular formula is C12H23NO3. The SMILES string of the molecule is CCCC(C(=O)O)N1CCCC(CCO)C1. The maximum Gasteiger partial charge on any atom is 0.320 e. The van der Waals surface area contributed by atoms with Crippen molar-refractivity contribution in [1.29, 1.82) is 0 Å². The molecule has 1 aliphatic heterocycles. The Kier molecular flexibility index (Phi) is 5.77. The zero-order valence-electron chi connectivity index (χ0n) is 10.1. The molecule has 1 aliphatic rings. The van der Waals surface area contributed by atoms with Crippen LogP contribution in [0.2, 0.25) is 0 Å². The minimum Gasteiger partial charge on any atom is -0.480 e. The summed E-state index contributed by atoms with van der Waals surface area (Å²) in [6.45, 7) is 3.95. The van der Waals surface area contributed by atoms with Crippen LogP contribution in [0.1, 0.15) is 39.0 Å². The van der Waals surface area contributed by atoms with Gasteiger partial charge in [0.2, 0.25) is 0 Å². The number of aliphatic hydroxyl groups excluding tert-OH is 1. The van der Waals surface area contributed by atoms with Crippen molar-refractivity contribution in [1.82, 2.24) is 4.90 Å². The van der Waals surface area contributed by atoms with Gasteiger partial charge in [-0.25, -0.2) is 0 Å². The third-order valence-electron chi connectivity index (χ3n) is 3.38. The van der Waals surface area contributed by atoms with E-state index in [9.17, 15) is 9.90 Å². The van der Waals surface area contributed by atoms with Crippen LogP contribution in [-0.4, -0.2) is 46.8 Å². The summed E-state index contributed by atoms with van der Waals surface area (Å²) in [6, 6.07) is -0.327. The Morgan fingerprint density at radius 3 is 2.88 bits per heavy atom. The predicted molar refractivity (Wildman–Crippen MR) is 62.3 cm³/mol. The molecule has 4 nitrogen and oxygen atoms in total. The van der Waals surface area contributed by atoms with Gasteiger partial charge in [-0.05, 0) is 38.1 Å². The second kappa shape index (κ2) is 6.86. The number of carboxylic acids is 1. The third-order valence-corrected chi connectivity index (χ3v) is 3.38. The van der Waals surface area contributed by atoms with Crippen LogP contribution in [0.5, 0.6) is 0 Å². The molecule has 1 rings (SSSR count). The molecule has 0 spiro atoms. The summed E-state index contributed by atoms with van der Waals surface area (Å²) in [5.41, 5.74) is 0. The fraction of sp³-hybridized carbons (Fsp3) is 0.917. The van der Waals surface area contributed by atoms with E-state index in [4.69, 9.17) is 5.11 Å². The molecule has 1 heterocycles. The van der Waals surface area contributed by atoms with Gasteiger partial charge in [-0.2, -0.15) is 0 Å². The van der Waals surface area contributed by atoms with Crippen LogP contribution in [-0.2, 0) is 4.79 Å². The summed E-state index contributed by atoms with van der Waals surface area (Å²) in [5, 5.41) is 18.1. The topological polar surface area (TPSA) is 60.8 Å². The summed E-state index contributed by atoms with van der Waals surface area (Å²) in [7, 11) is 0. The number of hydrogen-bond acceptors (Lipinski definition) is 3. The Bertz CT molecular complexity index is 218. The highest BCUT2D eigenvalue weighted by Crippen LogP contribution is 2.22. The van der Waals surface area contributed by atoms with Crippen LogP contribution in [0.25, 0.3) is 0 Å². The van der Waals surface area contributed by atoms with Crippen molar-refractivity contribution in [2.45, 2.75) is 45.1 Å². The lowest BCUT2D eigenvalue weighted by molar-refractivity contribution is -0.144. The Morgan fingerprint density at radius 2 is 2.31 bits per heavy atom. The summed E-state index contributed by atoms with van der Waals surface area (Å²) >= 11 is 0. The normalized spacial score (nSPS) is 24.2. The summed E-state index contributed by atoms with van der Waals surface area (Å²) in [5.74, 6) is -0.232. The first-order valence-electron chi connectivity index (χ1n) is 6.26. The van der Waals surface area contributed by atoms with Gasteiger partial charge in [0, 0.05) is 13.2 Å². The van der Waals surface area contributed by atoms with E-state index in [2.05, 4.69) is 4.90 Å². The molecule has 0 aromatic heterocycles. The number of nitrogens with zero attached hydrogens (tertiary/aromatic N) is 1. The van der Waals surface area contributed by atoms with Crippen molar-refractivity contribution < 1.29 is 15.0 Å². The van der Waals surface area contributed by atoms with E-state index in [0.29, 0.717) is 5.92 Å². The lowest BCUT2D eigenvalue weighted by Crippen LogP contribution is -2.46. The van der Waals surface area contributed by atoms with E-state index in [1.165, 1.54) is 0 Å². The summed E-state index contributed by atoms with van der Waals surface area (Å²) in [6.07, 6.45) is 4.60. The molecule has 0 saturated carbocycles. The van der Waals surface area contributed by atoms with Gasteiger partial charge >= 0.3 is 5.97 Å². The predicted octanol–water partition coefficient (Wildman–Crippen LogP) is 1.33. The van der Waals surface area contributed by atoms with Crippen molar-refractivity contribution in [3.63, 3.8) is 0 Å². The second-order valence-corrected chi connectivity index (χ2v) is 4.66. The Balaban J connectivity index is 2.52. The monoisotopic (exact) mass is 229 g/mol. The Hall–Kier alpha value is -0.610. The highest BCUT2D eigenvalue weighted by molar-refractivity contribution is 5.73. The molecule has 4 heteroatoms. The van der Waals surface area contributed by atoms with Crippen molar-refractivity contribution >= 4 is 5.97 Å². The zero-order valence-corrected chi connectivity index (χ0v) is 10.1. The average Bonchev–Trinajstić information content (AvgIpc) is 2.26. The molecule has 1 saturated heterocycles. The van der Waals surface area contributed by atoms with Crippen molar-refractivity contribution in [2.24, 2.45) is 5.92 Å². The molecule has 1 fully saturated rings. The molecule has 0 aromatic rings. The molecule has 0 amide bonds. The van der Waals surface area contributed by atoms with Gasteiger partial charge in [-0.15, -0.1) is 0 Å². The van der Waals surface area contributed by atoms with Gasteiger partial charge in [-0.3, -0.25) is 9.69 Å². The number of hydrogen-bond donors (Lipinski definition) is 2. The zero-order chi connectivity index (χ0) is 12.0. The van der Waals surface area contributed by atoms with Crippen LogP contribution in [0.3, 0.4) is 0 Å². The number of piperidine rings is 1. The van der Waals surface area contributed by atoms with E-state index >= 15 is 0 Å². The van der Waals surface area contributed by atoms with E-state index < -0.39 is 5.97 Å². The molecule has 2 atom stereocenters. The van der Waals surface area contributed by atoms with Crippen molar-refractivity contribution in [3.05, 3.63) is 0 Å². The molecule has 2 N–H and O–H groups in total. The minimum atomic E-state index is -0.702. The first-order chi connectivity index (χ1) is 7.69. The summed E-state index contributed by atoms with van der Waals surface area (Å²) < 4.78 is 0.